The first kappa shape index (κ1) is 20.8. The molecule has 0 aliphatic rings. The van der Waals surface area contributed by atoms with Crippen molar-refractivity contribution in [2.45, 2.75) is 26.2 Å². The Morgan fingerprint density at radius 2 is 2.04 bits per heavy atom. The normalized spacial score (nSPS) is 12.0. The number of nitrogens with zero attached hydrogens (tertiary/aromatic N) is 1. The fraction of sp³-hybridized carbons (Fsp3) is 0.300. The molecule has 0 radical (unpaired) electrons. The van der Waals surface area contributed by atoms with E-state index in [1.807, 2.05) is 24.3 Å². The van der Waals surface area contributed by atoms with Gasteiger partial charge in [0.1, 0.15) is 5.75 Å². The smallest absolute Gasteiger partial charge is 0.277 e. The summed E-state index contributed by atoms with van der Waals surface area (Å²) in [4.78, 5) is 11.8. The highest BCUT2D eigenvalue weighted by Crippen LogP contribution is 2.34. The molecule has 1 amide bonds. The molecule has 7 heteroatoms. The predicted octanol–water partition coefficient (Wildman–Crippen LogP) is 4.21. The van der Waals surface area contributed by atoms with E-state index >= 15 is 0 Å². The van der Waals surface area contributed by atoms with Crippen LogP contribution in [0, 0.1) is 0 Å². The van der Waals surface area contributed by atoms with Gasteiger partial charge in [0.15, 0.2) is 18.1 Å². The SMILES string of the molecule is CC[C@@H](C)c1ccc(OCC(=O)N/N=C/c2cc(Br)c(O)c(OC)c2)cc1. The van der Waals surface area contributed by atoms with Gasteiger partial charge in [-0.15, -0.1) is 0 Å². The summed E-state index contributed by atoms with van der Waals surface area (Å²) in [6.07, 6.45) is 2.52. The lowest BCUT2D eigenvalue weighted by atomic mass is 9.99. The van der Waals surface area contributed by atoms with Gasteiger partial charge in [0.2, 0.25) is 0 Å². The van der Waals surface area contributed by atoms with E-state index < -0.39 is 0 Å². The first-order valence-electron chi connectivity index (χ1n) is 8.55. The molecule has 0 saturated carbocycles. The number of carbonyl (C=O) groups is 1. The second-order valence-electron chi connectivity index (χ2n) is 6.01. The fourth-order valence-electron chi connectivity index (χ4n) is 2.31. The van der Waals surface area contributed by atoms with E-state index in [0.29, 0.717) is 27.5 Å². The Morgan fingerprint density at radius 1 is 1.33 bits per heavy atom. The fourth-order valence-corrected chi connectivity index (χ4v) is 2.77. The second kappa shape index (κ2) is 9.97. The van der Waals surface area contributed by atoms with Crippen molar-refractivity contribution in [3.8, 4) is 17.2 Å². The summed E-state index contributed by atoms with van der Waals surface area (Å²) in [7, 11) is 1.46. The second-order valence-corrected chi connectivity index (χ2v) is 6.87. The Balaban J connectivity index is 1.86. The summed E-state index contributed by atoms with van der Waals surface area (Å²) in [6, 6.07) is 11.0. The van der Waals surface area contributed by atoms with Gasteiger partial charge >= 0.3 is 0 Å². The third-order valence-corrected chi connectivity index (χ3v) is 4.71. The van der Waals surface area contributed by atoms with E-state index in [2.05, 4.69) is 40.3 Å². The van der Waals surface area contributed by atoms with Crippen molar-refractivity contribution in [3.63, 3.8) is 0 Å². The number of amides is 1. The lowest BCUT2D eigenvalue weighted by molar-refractivity contribution is -0.123. The maximum absolute atomic E-state index is 11.8. The summed E-state index contributed by atoms with van der Waals surface area (Å²) >= 11 is 3.23. The first-order valence-corrected chi connectivity index (χ1v) is 9.35. The zero-order valence-electron chi connectivity index (χ0n) is 15.5. The summed E-state index contributed by atoms with van der Waals surface area (Å²) in [5.74, 6) is 1.07. The quantitative estimate of drug-likeness (QED) is 0.481. The summed E-state index contributed by atoms with van der Waals surface area (Å²) in [5.41, 5.74) is 4.29. The number of halogens is 1. The van der Waals surface area contributed by atoms with Gasteiger partial charge in [0.05, 0.1) is 17.8 Å². The summed E-state index contributed by atoms with van der Waals surface area (Å²) in [5, 5.41) is 13.7. The molecule has 27 heavy (non-hydrogen) atoms. The Bertz CT molecular complexity index is 806. The molecule has 2 aromatic rings. The van der Waals surface area contributed by atoms with Gasteiger partial charge in [0, 0.05) is 0 Å². The van der Waals surface area contributed by atoms with Crippen LogP contribution in [0.3, 0.4) is 0 Å². The molecule has 0 spiro atoms. The Hall–Kier alpha value is -2.54. The molecular weight excluding hydrogens is 412 g/mol. The van der Waals surface area contributed by atoms with Crippen LogP contribution in [0.5, 0.6) is 17.2 Å². The van der Waals surface area contributed by atoms with Crippen molar-refractivity contribution >= 4 is 28.1 Å². The number of methoxy groups -OCH3 is 1. The van der Waals surface area contributed by atoms with E-state index in [0.717, 1.165) is 6.42 Å². The molecule has 0 bridgehead atoms. The number of hydrogen-bond donors (Lipinski definition) is 2. The van der Waals surface area contributed by atoms with Crippen molar-refractivity contribution in [1.29, 1.82) is 0 Å². The van der Waals surface area contributed by atoms with Crippen LogP contribution in [0.15, 0.2) is 46.0 Å². The van der Waals surface area contributed by atoms with Gasteiger partial charge in [-0.05, 0) is 63.7 Å². The monoisotopic (exact) mass is 434 g/mol. The van der Waals surface area contributed by atoms with Crippen LogP contribution in [0.1, 0.15) is 37.3 Å². The molecule has 2 rings (SSSR count). The minimum absolute atomic E-state index is 0.00596. The number of nitrogens with one attached hydrogen (secondary N) is 1. The van der Waals surface area contributed by atoms with E-state index in [1.54, 1.807) is 12.1 Å². The maximum Gasteiger partial charge on any atom is 0.277 e. The standard InChI is InChI=1S/C20H23BrN2O4/c1-4-13(2)15-5-7-16(8-6-15)27-12-19(24)23-22-11-14-9-17(21)20(25)18(10-14)26-3/h5-11,13,25H,4,12H2,1-3H3,(H,23,24)/b22-11+/t13-/m1/s1. The minimum atomic E-state index is -0.373. The zero-order valence-corrected chi connectivity index (χ0v) is 17.1. The molecular formula is C20H23BrN2O4. The van der Waals surface area contributed by atoms with Gasteiger partial charge < -0.3 is 14.6 Å². The van der Waals surface area contributed by atoms with Gasteiger partial charge in [-0.25, -0.2) is 5.43 Å². The van der Waals surface area contributed by atoms with Gasteiger partial charge in [-0.1, -0.05) is 26.0 Å². The molecule has 0 unspecified atom stereocenters. The maximum atomic E-state index is 11.8. The molecule has 1 atom stereocenters. The van der Waals surface area contributed by atoms with Crippen molar-refractivity contribution in [2.24, 2.45) is 5.10 Å². The minimum Gasteiger partial charge on any atom is -0.503 e. The number of benzene rings is 2. The van der Waals surface area contributed by atoms with Crippen LogP contribution in [0.2, 0.25) is 0 Å². The molecule has 6 nitrogen and oxygen atoms in total. The van der Waals surface area contributed by atoms with Crippen molar-refractivity contribution in [3.05, 3.63) is 52.0 Å². The highest BCUT2D eigenvalue weighted by atomic mass is 79.9. The highest BCUT2D eigenvalue weighted by molar-refractivity contribution is 9.10. The number of aromatic hydroxyl groups is 1. The number of hydrogen-bond acceptors (Lipinski definition) is 5. The third-order valence-electron chi connectivity index (χ3n) is 4.10. The molecule has 2 aromatic carbocycles. The number of phenols is 1. The van der Waals surface area contributed by atoms with E-state index in [-0.39, 0.29) is 18.3 Å². The van der Waals surface area contributed by atoms with Gasteiger partial charge in [0.25, 0.3) is 5.91 Å². The topological polar surface area (TPSA) is 80.2 Å². The van der Waals surface area contributed by atoms with E-state index in [4.69, 9.17) is 9.47 Å². The summed E-state index contributed by atoms with van der Waals surface area (Å²) < 4.78 is 11.0. The average Bonchev–Trinajstić information content (AvgIpc) is 2.68. The number of ether oxygens (including phenoxy) is 2. The molecule has 0 saturated heterocycles. The van der Waals surface area contributed by atoms with Crippen molar-refractivity contribution in [2.75, 3.05) is 13.7 Å². The van der Waals surface area contributed by atoms with Crippen molar-refractivity contribution in [1.82, 2.24) is 5.43 Å². The van der Waals surface area contributed by atoms with Gasteiger partial charge in [-0.2, -0.15) is 5.10 Å². The molecule has 2 N–H and O–H groups in total. The average molecular weight is 435 g/mol. The van der Waals surface area contributed by atoms with Crippen LogP contribution in [-0.2, 0) is 4.79 Å². The third kappa shape index (κ3) is 5.99. The predicted molar refractivity (Wildman–Crippen MR) is 109 cm³/mol. The molecule has 0 aromatic heterocycles. The number of carbonyl (C=O) groups excluding carboxylic acids is 1. The number of phenolic OH excluding ortho intramolecular Hbond substituents is 1. The van der Waals surface area contributed by atoms with E-state index in [1.165, 1.54) is 18.9 Å². The zero-order chi connectivity index (χ0) is 19.8. The molecule has 0 aliphatic heterocycles. The summed E-state index contributed by atoms with van der Waals surface area (Å²) in [6.45, 7) is 4.18. The van der Waals surface area contributed by atoms with Crippen LogP contribution >= 0.6 is 15.9 Å². The van der Waals surface area contributed by atoms with E-state index in [9.17, 15) is 9.90 Å². The lowest BCUT2D eigenvalue weighted by Gasteiger charge is -2.10. The Morgan fingerprint density at radius 3 is 2.67 bits per heavy atom. The van der Waals surface area contributed by atoms with Crippen LogP contribution in [-0.4, -0.2) is 30.9 Å². The lowest BCUT2D eigenvalue weighted by Crippen LogP contribution is -2.24. The van der Waals surface area contributed by atoms with Crippen LogP contribution in [0.25, 0.3) is 0 Å². The molecule has 144 valence electrons. The first-order chi connectivity index (χ1) is 12.9. The molecule has 0 heterocycles. The number of rotatable bonds is 8. The van der Waals surface area contributed by atoms with Crippen molar-refractivity contribution < 1.29 is 19.4 Å². The van der Waals surface area contributed by atoms with Crippen LogP contribution < -0.4 is 14.9 Å². The molecule has 0 fully saturated rings. The highest BCUT2D eigenvalue weighted by Gasteiger charge is 2.08. The largest absolute Gasteiger partial charge is 0.503 e. The van der Waals surface area contributed by atoms with Crippen LogP contribution in [0.4, 0.5) is 0 Å². The van der Waals surface area contributed by atoms with Gasteiger partial charge in [-0.3, -0.25) is 4.79 Å². The Kier molecular flexibility index (Phi) is 7.67. The Labute approximate surface area is 167 Å². The molecule has 0 aliphatic carbocycles. The number of hydrazone groups is 1.